The zero-order valence-corrected chi connectivity index (χ0v) is 15.2. The van der Waals surface area contributed by atoms with Gasteiger partial charge in [-0.25, -0.2) is 4.39 Å². The summed E-state index contributed by atoms with van der Waals surface area (Å²) in [5.74, 6) is -1.30. The van der Waals surface area contributed by atoms with Crippen LogP contribution in [-0.4, -0.2) is 40.7 Å². The number of amides is 2. The molecule has 4 nitrogen and oxygen atoms in total. The van der Waals surface area contributed by atoms with Gasteiger partial charge in [-0.05, 0) is 30.0 Å². The summed E-state index contributed by atoms with van der Waals surface area (Å²) >= 11 is 0. The summed E-state index contributed by atoms with van der Waals surface area (Å²) in [6.45, 7) is 1.13. The average molecular weight is 366 g/mol. The molecule has 1 saturated heterocycles. The van der Waals surface area contributed by atoms with Crippen molar-refractivity contribution in [2.75, 3.05) is 13.1 Å². The van der Waals surface area contributed by atoms with E-state index in [-0.39, 0.29) is 18.4 Å². The van der Waals surface area contributed by atoms with Crippen molar-refractivity contribution in [3.8, 4) is 11.1 Å². The van der Waals surface area contributed by atoms with Gasteiger partial charge in [0.25, 0.3) is 0 Å². The summed E-state index contributed by atoms with van der Waals surface area (Å²) in [5.41, 5.74) is 2.18. The first kappa shape index (κ1) is 17.7. The Kier molecular flexibility index (Phi) is 4.92. The minimum Gasteiger partial charge on any atom is -0.330 e. The van der Waals surface area contributed by atoms with E-state index in [0.29, 0.717) is 18.7 Å². The van der Waals surface area contributed by atoms with E-state index in [0.717, 1.165) is 36.8 Å². The Morgan fingerprint density at radius 3 is 2.33 bits per heavy atom. The molecule has 1 aliphatic carbocycles. The Labute approximate surface area is 158 Å². The Bertz CT molecular complexity index is 847. The lowest BCUT2D eigenvalue weighted by Crippen LogP contribution is -2.56. The van der Waals surface area contributed by atoms with E-state index in [1.165, 1.54) is 11.0 Å². The molecular formula is C22H23FN2O2. The molecule has 0 bridgehead atoms. The molecule has 2 aromatic carbocycles. The number of carbonyl (C=O) groups is 2. The van der Waals surface area contributed by atoms with Gasteiger partial charge >= 0.3 is 11.8 Å². The summed E-state index contributed by atoms with van der Waals surface area (Å²) in [5, 5.41) is 0. The van der Waals surface area contributed by atoms with Crippen molar-refractivity contribution >= 4 is 11.8 Å². The lowest BCUT2D eigenvalue weighted by atomic mass is 10.0. The summed E-state index contributed by atoms with van der Waals surface area (Å²) < 4.78 is 14.6. The van der Waals surface area contributed by atoms with E-state index in [1.54, 1.807) is 11.0 Å². The molecule has 0 unspecified atom stereocenters. The molecule has 2 fully saturated rings. The monoisotopic (exact) mass is 366 g/mol. The maximum atomic E-state index is 14.6. The van der Waals surface area contributed by atoms with Gasteiger partial charge in [0.15, 0.2) is 0 Å². The lowest BCUT2D eigenvalue weighted by Gasteiger charge is -2.37. The van der Waals surface area contributed by atoms with Crippen LogP contribution in [0, 0.1) is 5.82 Å². The fourth-order valence-electron chi connectivity index (χ4n) is 4.10. The quantitative estimate of drug-likeness (QED) is 0.776. The van der Waals surface area contributed by atoms with E-state index < -0.39 is 11.8 Å². The van der Waals surface area contributed by atoms with Gasteiger partial charge in [0.2, 0.25) is 0 Å². The second kappa shape index (κ2) is 7.51. The number of piperazine rings is 1. The molecule has 4 rings (SSSR count). The summed E-state index contributed by atoms with van der Waals surface area (Å²) in [7, 11) is 0. The number of halogens is 1. The molecule has 0 aromatic heterocycles. The Morgan fingerprint density at radius 2 is 1.63 bits per heavy atom. The van der Waals surface area contributed by atoms with Crippen LogP contribution in [0.15, 0.2) is 48.5 Å². The molecule has 0 atom stereocenters. The third-order valence-corrected chi connectivity index (χ3v) is 5.63. The van der Waals surface area contributed by atoms with Crippen LogP contribution in [0.5, 0.6) is 0 Å². The van der Waals surface area contributed by atoms with Crippen molar-refractivity contribution in [3.63, 3.8) is 0 Å². The Balaban J connectivity index is 1.46. The van der Waals surface area contributed by atoms with Crippen molar-refractivity contribution < 1.29 is 14.0 Å². The van der Waals surface area contributed by atoms with Gasteiger partial charge in [-0.15, -0.1) is 0 Å². The fourth-order valence-corrected chi connectivity index (χ4v) is 4.10. The predicted molar refractivity (Wildman–Crippen MR) is 101 cm³/mol. The summed E-state index contributed by atoms with van der Waals surface area (Å²) in [4.78, 5) is 28.2. The van der Waals surface area contributed by atoms with Crippen molar-refractivity contribution in [2.45, 2.75) is 38.3 Å². The van der Waals surface area contributed by atoms with E-state index in [9.17, 15) is 14.0 Å². The van der Waals surface area contributed by atoms with Crippen LogP contribution in [0.25, 0.3) is 11.1 Å². The summed E-state index contributed by atoms with van der Waals surface area (Å²) in [6, 6.07) is 14.9. The maximum absolute atomic E-state index is 14.6. The van der Waals surface area contributed by atoms with Crippen LogP contribution in [0.4, 0.5) is 4.39 Å². The second-order valence-electron chi connectivity index (χ2n) is 7.34. The highest BCUT2D eigenvalue weighted by atomic mass is 19.1. The molecule has 5 heteroatoms. The van der Waals surface area contributed by atoms with Gasteiger partial charge in [-0.1, -0.05) is 55.3 Å². The maximum Gasteiger partial charge on any atom is 0.312 e. The largest absolute Gasteiger partial charge is 0.330 e. The van der Waals surface area contributed by atoms with Gasteiger partial charge in [0.1, 0.15) is 5.82 Å². The molecule has 1 saturated carbocycles. The third-order valence-electron chi connectivity index (χ3n) is 5.63. The Hall–Kier alpha value is -2.69. The summed E-state index contributed by atoms with van der Waals surface area (Å²) in [6.07, 6.45) is 4.19. The van der Waals surface area contributed by atoms with Crippen LogP contribution in [0.1, 0.15) is 31.2 Å². The van der Waals surface area contributed by atoms with E-state index in [1.807, 2.05) is 36.4 Å². The molecule has 27 heavy (non-hydrogen) atoms. The standard InChI is InChI=1S/C22H23FN2O2/c23-20-14-17(16-6-2-1-3-7-16)10-11-18(20)15-24-12-13-25(22(27)21(24)26)19-8-4-5-9-19/h1-3,6-7,10-11,14,19H,4-5,8-9,12-13,15H2. The van der Waals surface area contributed by atoms with Crippen LogP contribution < -0.4 is 0 Å². The molecular weight excluding hydrogens is 343 g/mol. The van der Waals surface area contributed by atoms with Gasteiger partial charge in [-0.2, -0.15) is 0 Å². The van der Waals surface area contributed by atoms with Crippen molar-refractivity contribution in [2.24, 2.45) is 0 Å². The van der Waals surface area contributed by atoms with Crippen molar-refractivity contribution in [1.82, 2.24) is 9.80 Å². The number of carbonyl (C=O) groups excluding carboxylic acids is 2. The van der Waals surface area contributed by atoms with Gasteiger partial charge in [0, 0.05) is 31.2 Å². The highest BCUT2D eigenvalue weighted by molar-refractivity contribution is 6.35. The topological polar surface area (TPSA) is 40.6 Å². The molecule has 1 aliphatic heterocycles. The van der Waals surface area contributed by atoms with Gasteiger partial charge < -0.3 is 9.80 Å². The Morgan fingerprint density at radius 1 is 0.889 bits per heavy atom. The highest BCUT2D eigenvalue weighted by Crippen LogP contribution is 2.26. The van der Waals surface area contributed by atoms with Crippen LogP contribution in [0.2, 0.25) is 0 Å². The average Bonchev–Trinajstić information content (AvgIpc) is 3.22. The van der Waals surface area contributed by atoms with Crippen LogP contribution >= 0.6 is 0 Å². The number of rotatable bonds is 4. The van der Waals surface area contributed by atoms with Crippen molar-refractivity contribution in [3.05, 3.63) is 59.9 Å². The first-order chi connectivity index (χ1) is 13.1. The van der Waals surface area contributed by atoms with E-state index in [4.69, 9.17) is 0 Å². The van der Waals surface area contributed by atoms with Crippen molar-refractivity contribution in [1.29, 1.82) is 0 Å². The van der Waals surface area contributed by atoms with E-state index >= 15 is 0 Å². The molecule has 2 aliphatic rings. The number of benzene rings is 2. The predicted octanol–water partition coefficient (Wildman–Crippen LogP) is 3.61. The SMILES string of the molecule is O=C1C(=O)N(C2CCCC2)CCN1Cc1ccc(-c2ccccc2)cc1F. The second-order valence-corrected chi connectivity index (χ2v) is 7.34. The third kappa shape index (κ3) is 3.59. The molecule has 0 radical (unpaired) electrons. The number of nitrogens with zero attached hydrogens (tertiary/aromatic N) is 2. The molecule has 140 valence electrons. The minimum atomic E-state index is -0.514. The number of hydrogen-bond donors (Lipinski definition) is 0. The van der Waals surface area contributed by atoms with Gasteiger partial charge in [0.05, 0.1) is 0 Å². The molecule has 0 spiro atoms. The lowest BCUT2D eigenvalue weighted by molar-refractivity contribution is -0.158. The number of hydrogen-bond acceptors (Lipinski definition) is 2. The smallest absolute Gasteiger partial charge is 0.312 e. The van der Waals surface area contributed by atoms with Crippen LogP contribution in [0.3, 0.4) is 0 Å². The molecule has 2 amide bonds. The zero-order valence-electron chi connectivity index (χ0n) is 15.2. The first-order valence-corrected chi connectivity index (χ1v) is 9.57. The molecule has 2 aromatic rings. The first-order valence-electron chi connectivity index (χ1n) is 9.57. The molecule has 0 N–H and O–H groups in total. The van der Waals surface area contributed by atoms with Crippen LogP contribution in [-0.2, 0) is 16.1 Å². The van der Waals surface area contributed by atoms with E-state index in [2.05, 4.69) is 0 Å². The molecule has 1 heterocycles. The normalized spacial score (nSPS) is 18.4. The highest BCUT2D eigenvalue weighted by Gasteiger charge is 2.37. The van der Waals surface area contributed by atoms with Gasteiger partial charge in [-0.3, -0.25) is 9.59 Å². The zero-order chi connectivity index (χ0) is 18.8. The minimum absolute atomic E-state index is 0.129. The fraction of sp³-hybridized carbons (Fsp3) is 0.364.